The molecule has 2 rings (SSSR count). The van der Waals surface area contributed by atoms with E-state index in [1.807, 2.05) is 6.08 Å². The summed E-state index contributed by atoms with van der Waals surface area (Å²) < 4.78 is 22.8. The van der Waals surface area contributed by atoms with Gasteiger partial charge in [-0.25, -0.2) is 0 Å². The number of amides is 1. The van der Waals surface area contributed by atoms with Gasteiger partial charge in [0.1, 0.15) is 48.8 Å². The van der Waals surface area contributed by atoms with E-state index in [4.69, 9.17) is 18.9 Å². The molecule has 12 atom stereocenters. The fraction of sp³-hybridized carbons (Fsp3) is 0.828. The van der Waals surface area contributed by atoms with Crippen molar-refractivity contribution in [2.24, 2.45) is 0 Å². The first kappa shape index (κ1) is 71.8. The molecular formula is C64H115NO13. The molecule has 0 radical (unpaired) electrons. The lowest BCUT2D eigenvalue weighted by molar-refractivity contribution is -0.359. The molecule has 454 valence electrons. The number of aliphatic hydroxyl groups excluding tert-OH is 8. The molecule has 1 amide bonds. The predicted molar refractivity (Wildman–Crippen MR) is 314 cm³/mol. The van der Waals surface area contributed by atoms with Crippen LogP contribution in [0.4, 0.5) is 0 Å². The molecule has 0 aromatic heterocycles. The Kier molecular flexibility index (Phi) is 45.4. The largest absolute Gasteiger partial charge is 0.394 e. The van der Waals surface area contributed by atoms with Crippen LogP contribution in [-0.4, -0.2) is 140 Å². The fourth-order valence-corrected chi connectivity index (χ4v) is 10.2. The first-order chi connectivity index (χ1) is 38.1. The Morgan fingerprint density at radius 2 is 0.885 bits per heavy atom. The van der Waals surface area contributed by atoms with Gasteiger partial charge in [-0.2, -0.15) is 0 Å². The zero-order valence-corrected chi connectivity index (χ0v) is 48.9. The molecule has 2 saturated heterocycles. The smallest absolute Gasteiger partial charge is 0.220 e. The van der Waals surface area contributed by atoms with Crippen molar-refractivity contribution < 1.29 is 64.6 Å². The standard InChI is InChI=1S/C64H115NO13/c1-3-5-7-9-11-13-15-17-19-21-22-23-24-25-26-27-28-29-30-32-34-36-38-40-42-44-46-48-56(69)65-52(53(68)47-45-43-41-39-37-35-33-31-20-18-16-14-12-10-8-6-4-2)51-75-63-61(74)59(72)62(55(50-67)77-63)78-64-60(73)58(71)57(70)54(49-66)76-64/h5,7,11,13,17,19,22-23,45,47,52-55,57-64,66-68,70-74H,3-4,6,8-10,12,14-16,18,20-21,24-44,46,48-51H2,1-2H3,(H,65,69)/b7-5-,13-11-,19-17-,23-22-,47-45+. The van der Waals surface area contributed by atoms with Crippen LogP contribution in [0.5, 0.6) is 0 Å². The monoisotopic (exact) mass is 1110 g/mol. The third kappa shape index (κ3) is 34.2. The zero-order chi connectivity index (χ0) is 56.7. The number of hydrogen-bond acceptors (Lipinski definition) is 13. The van der Waals surface area contributed by atoms with Crippen LogP contribution < -0.4 is 5.32 Å². The summed E-state index contributed by atoms with van der Waals surface area (Å²) >= 11 is 0. The van der Waals surface area contributed by atoms with E-state index in [-0.39, 0.29) is 18.9 Å². The third-order valence-electron chi connectivity index (χ3n) is 15.2. The Morgan fingerprint density at radius 3 is 1.36 bits per heavy atom. The highest BCUT2D eigenvalue weighted by Gasteiger charge is 2.51. The first-order valence-electron chi connectivity index (χ1n) is 31.5. The third-order valence-corrected chi connectivity index (χ3v) is 15.2. The van der Waals surface area contributed by atoms with Crippen molar-refractivity contribution in [1.29, 1.82) is 0 Å². The van der Waals surface area contributed by atoms with Crippen LogP contribution in [-0.2, 0) is 23.7 Å². The minimum Gasteiger partial charge on any atom is -0.394 e. The van der Waals surface area contributed by atoms with E-state index in [0.29, 0.717) is 6.42 Å². The Labute approximate surface area is 473 Å². The number of allylic oxidation sites excluding steroid dienone is 9. The van der Waals surface area contributed by atoms with Gasteiger partial charge in [-0.05, 0) is 57.8 Å². The van der Waals surface area contributed by atoms with E-state index < -0.39 is 86.8 Å². The average molecular weight is 1110 g/mol. The zero-order valence-electron chi connectivity index (χ0n) is 48.9. The molecule has 2 heterocycles. The minimum absolute atomic E-state index is 0.240. The molecule has 12 unspecified atom stereocenters. The molecule has 0 spiro atoms. The maximum absolute atomic E-state index is 13.3. The van der Waals surface area contributed by atoms with Gasteiger partial charge in [0.2, 0.25) is 5.91 Å². The molecule has 0 aliphatic carbocycles. The van der Waals surface area contributed by atoms with Crippen molar-refractivity contribution in [1.82, 2.24) is 5.32 Å². The lowest BCUT2D eigenvalue weighted by Gasteiger charge is -2.46. The Balaban J connectivity index is 1.71. The van der Waals surface area contributed by atoms with Crippen molar-refractivity contribution in [3.63, 3.8) is 0 Å². The van der Waals surface area contributed by atoms with Crippen LogP contribution in [0.3, 0.4) is 0 Å². The van der Waals surface area contributed by atoms with Gasteiger partial charge in [0.15, 0.2) is 12.6 Å². The van der Waals surface area contributed by atoms with Crippen LogP contribution in [0.1, 0.15) is 245 Å². The summed E-state index contributed by atoms with van der Waals surface area (Å²) in [5, 5.41) is 87.2. The van der Waals surface area contributed by atoms with Crippen LogP contribution in [0.15, 0.2) is 60.8 Å². The van der Waals surface area contributed by atoms with Crippen LogP contribution in [0.25, 0.3) is 0 Å². The number of aliphatic hydroxyl groups is 8. The molecule has 0 saturated carbocycles. The molecule has 2 aliphatic heterocycles. The van der Waals surface area contributed by atoms with E-state index in [2.05, 4.69) is 67.8 Å². The number of carbonyl (C=O) groups is 1. The van der Waals surface area contributed by atoms with Crippen molar-refractivity contribution in [2.45, 2.75) is 319 Å². The van der Waals surface area contributed by atoms with Gasteiger partial charge in [-0.1, -0.05) is 242 Å². The van der Waals surface area contributed by atoms with Gasteiger partial charge in [0.05, 0.1) is 32.0 Å². The maximum atomic E-state index is 13.3. The number of unbranched alkanes of at least 4 members (excludes halogenated alkanes) is 29. The molecule has 2 aliphatic rings. The second kappa shape index (κ2) is 49.3. The van der Waals surface area contributed by atoms with E-state index >= 15 is 0 Å². The number of nitrogens with one attached hydrogen (secondary N) is 1. The van der Waals surface area contributed by atoms with Crippen molar-refractivity contribution in [2.75, 3.05) is 19.8 Å². The molecule has 0 aromatic carbocycles. The molecule has 2 fully saturated rings. The quantitative estimate of drug-likeness (QED) is 0.0204. The first-order valence-corrected chi connectivity index (χ1v) is 31.5. The van der Waals surface area contributed by atoms with E-state index in [1.54, 1.807) is 6.08 Å². The maximum Gasteiger partial charge on any atom is 0.220 e. The van der Waals surface area contributed by atoms with Crippen LogP contribution in [0.2, 0.25) is 0 Å². The molecule has 0 aromatic rings. The normalized spacial score (nSPS) is 24.9. The van der Waals surface area contributed by atoms with Gasteiger partial charge in [-0.15, -0.1) is 0 Å². The van der Waals surface area contributed by atoms with E-state index in [0.717, 1.165) is 64.2 Å². The highest BCUT2D eigenvalue weighted by Crippen LogP contribution is 2.30. The van der Waals surface area contributed by atoms with Crippen LogP contribution in [0, 0.1) is 0 Å². The van der Waals surface area contributed by atoms with Gasteiger partial charge in [-0.3, -0.25) is 4.79 Å². The number of carbonyl (C=O) groups excluding carboxylic acids is 1. The number of ether oxygens (including phenoxy) is 4. The van der Waals surface area contributed by atoms with Gasteiger partial charge < -0.3 is 65.1 Å². The highest BCUT2D eigenvalue weighted by atomic mass is 16.7. The molecule has 0 bridgehead atoms. The number of rotatable bonds is 50. The predicted octanol–water partition coefficient (Wildman–Crippen LogP) is 11.3. The summed E-state index contributed by atoms with van der Waals surface area (Å²) in [5.74, 6) is -0.240. The second-order valence-electron chi connectivity index (χ2n) is 22.2. The average Bonchev–Trinajstić information content (AvgIpc) is 3.44. The minimum atomic E-state index is -1.79. The van der Waals surface area contributed by atoms with E-state index in [9.17, 15) is 45.6 Å². The topological polar surface area (TPSA) is 228 Å². The molecular weight excluding hydrogens is 991 g/mol. The Bertz CT molecular complexity index is 1540. The second-order valence-corrected chi connectivity index (χ2v) is 22.2. The summed E-state index contributed by atoms with van der Waals surface area (Å²) in [7, 11) is 0. The lowest BCUT2D eigenvalue weighted by Crippen LogP contribution is -2.65. The lowest BCUT2D eigenvalue weighted by atomic mass is 9.97. The molecule has 78 heavy (non-hydrogen) atoms. The summed E-state index contributed by atoms with van der Waals surface area (Å²) in [4.78, 5) is 13.3. The fourth-order valence-electron chi connectivity index (χ4n) is 10.2. The van der Waals surface area contributed by atoms with Crippen molar-refractivity contribution in [3.05, 3.63) is 60.8 Å². The molecule has 9 N–H and O–H groups in total. The molecule has 14 heteroatoms. The Morgan fingerprint density at radius 1 is 0.474 bits per heavy atom. The molecule has 14 nitrogen and oxygen atoms in total. The SMILES string of the molecule is CC/C=C\C/C=C\C/C=C\C/C=C\CCCCCCCCCCCCCCCCC(=O)NC(COC1OC(CO)C(OC2OC(CO)C(O)C(O)C2O)C(O)C1O)C(O)/C=C/CCCCCCCCCCCCCCCCC. The highest BCUT2D eigenvalue weighted by molar-refractivity contribution is 5.76. The summed E-state index contributed by atoms with van der Waals surface area (Å²) in [6, 6.07) is -0.917. The van der Waals surface area contributed by atoms with Crippen molar-refractivity contribution in [3.8, 4) is 0 Å². The summed E-state index contributed by atoms with van der Waals surface area (Å²) in [5.41, 5.74) is 0. The van der Waals surface area contributed by atoms with Gasteiger partial charge in [0.25, 0.3) is 0 Å². The Hall–Kier alpha value is -2.31. The number of hydrogen-bond donors (Lipinski definition) is 9. The van der Waals surface area contributed by atoms with E-state index in [1.165, 1.54) is 154 Å². The van der Waals surface area contributed by atoms with Gasteiger partial charge >= 0.3 is 0 Å². The van der Waals surface area contributed by atoms with Crippen LogP contribution >= 0.6 is 0 Å². The van der Waals surface area contributed by atoms with Crippen molar-refractivity contribution >= 4 is 5.91 Å². The summed E-state index contributed by atoms with van der Waals surface area (Å²) in [6.45, 7) is 2.70. The summed E-state index contributed by atoms with van der Waals surface area (Å²) in [6.07, 6.45) is 46.8. The van der Waals surface area contributed by atoms with Gasteiger partial charge in [0, 0.05) is 6.42 Å².